The molecule has 1 aromatic rings. The average molecular weight is 175 g/mol. The Morgan fingerprint density at radius 2 is 2.08 bits per heavy atom. The van der Waals surface area contributed by atoms with Crippen molar-refractivity contribution in [3.63, 3.8) is 0 Å². The highest BCUT2D eigenvalue weighted by Gasteiger charge is 1.93. The van der Waals surface area contributed by atoms with Gasteiger partial charge in [0.2, 0.25) is 0 Å². The molecule has 0 radical (unpaired) electrons. The lowest BCUT2D eigenvalue weighted by molar-refractivity contribution is -0.104. The number of carbonyl (C=O) groups is 1. The molecule has 0 heterocycles. The van der Waals surface area contributed by atoms with Crippen molar-refractivity contribution in [2.75, 3.05) is 19.0 Å². The van der Waals surface area contributed by atoms with Crippen molar-refractivity contribution >= 4 is 18.0 Å². The summed E-state index contributed by atoms with van der Waals surface area (Å²) in [5.41, 5.74) is 2.17. The number of anilines is 1. The normalized spacial score (nSPS) is 10.3. The lowest BCUT2D eigenvalue weighted by Crippen LogP contribution is -2.08. The highest BCUT2D eigenvalue weighted by Crippen LogP contribution is 2.13. The topological polar surface area (TPSA) is 20.3 Å². The quantitative estimate of drug-likeness (QED) is 0.517. The molecule has 0 aromatic heterocycles. The lowest BCUT2D eigenvalue weighted by atomic mass is 10.2. The fourth-order valence-electron chi connectivity index (χ4n) is 1.06. The van der Waals surface area contributed by atoms with Gasteiger partial charge >= 0.3 is 0 Å². The van der Waals surface area contributed by atoms with Crippen LogP contribution < -0.4 is 4.90 Å². The molecule has 68 valence electrons. The molecule has 0 aliphatic carbocycles. The van der Waals surface area contributed by atoms with Gasteiger partial charge in [0.15, 0.2) is 0 Å². The van der Waals surface area contributed by atoms with Crippen LogP contribution in [0.2, 0.25) is 0 Å². The van der Waals surface area contributed by atoms with Gasteiger partial charge in [-0.05, 0) is 23.8 Å². The molecule has 0 unspecified atom stereocenters. The molecule has 1 aromatic carbocycles. The van der Waals surface area contributed by atoms with Gasteiger partial charge in [0, 0.05) is 19.8 Å². The highest BCUT2D eigenvalue weighted by molar-refractivity contribution is 5.74. The van der Waals surface area contributed by atoms with E-state index in [1.54, 1.807) is 6.08 Å². The standard InChI is InChI=1S/C11H13NO/c1-12(2)11-7-3-5-10(9-11)6-4-8-13/h3-9H,1-2H3. The van der Waals surface area contributed by atoms with Gasteiger partial charge in [0.1, 0.15) is 6.29 Å². The first-order valence-electron chi connectivity index (χ1n) is 4.13. The summed E-state index contributed by atoms with van der Waals surface area (Å²) in [7, 11) is 3.98. The zero-order valence-corrected chi connectivity index (χ0v) is 7.90. The maximum atomic E-state index is 10.1. The number of hydrogen-bond donors (Lipinski definition) is 0. The lowest BCUT2D eigenvalue weighted by Gasteiger charge is -2.12. The SMILES string of the molecule is CN(C)c1cccc(C=CC=O)c1. The minimum atomic E-state index is 0.780. The first-order valence-corrected chi connectivity index (χ1v) is 4.13. The minimum Gasteiger partial charge on any atom is -0.378 e. The van der Waals surface area contributed by atoms with Gasteiger partial charge in [-0.15, -0.1) is 0 Å². The third-order valence-electron chi connectivity index (χ3n) is 1.75. The Bertz CT molecular complexity index is 316. The summed E-state index contributed by atoms with van der Waals surface area (Å²) >= 11 is 0. The Morgan fingerprint density at radius 1 is 1.31 bits per heavy atom. The van der Waals surface area contributed by atoms with Gasteiger partial charge in [-0.25, -0.2) is 0 Å². The summed E-state index contributed by atoms with van der Waals surface area (Å²) in [6.45, 7) is 0. The van der Waals surface area contributed by atoms with E-state index in [0.29, 0.717) is 0 Å². The Balaban J connectivity index is 2.91. The number of hydrogen-bond acceptors (Lipinski definition) is 2. The van der Waals surface area contributed by atoms with E-state index in [4.69, 9.17) is 0 Å². The first kappa shape index (κ1) is 9.52. The van der Waals surface area contributed by atoms with Crippen LogP contribution in [-0.2, 0) is 4.79 Å². The number of allylic oxidation sites excluding steroid dienone is 1. The predicted octanol–water partition coefficient (Wildman–Crippen LogP) is 1.96. The molecular formula is C11H13NO. The van der Waals surface area contributed by atoms with E-state index in [0.717, 1.165) is 17.5 Å². The minimum absolute atomic E-state index is 0.780. The second-order valence-electron chi connectivity index (χ2n) is 2.98. The number of rotatable bonds is 3. The van der Waals surface area contributed by atoms with E-state index in [-0.39, 0.29) is 0 Å². The van der Waals surface area contributed by atoms with E-state index in [9.17, 15) is 4.79 Å². The maximum Gasteiger partial charge on any atom is 0.142 e. The summed E-state index contributed by atoms with van der Waals surface area (Å²) in [6, 6.07) is 7.99. The molecule has 0 saturated carbocycles. The molecule has 0 aliphatic rings. The van der Waals surface area contributed by atoms with Crippen LogP contribution in [0.25, 0.3) is 6.08 Å². The fourth-order valence-corrected chi connectivity index (χ4v) is 1.06. The zero-order valence-electron chi connectivity index (χ0n) is 7.90. The van der Waals surface area contributed by atoms with Gasteiger partial charge < -0.3 is 4.90 Å². The van der Waals surface area contributed by atoms with Crippen molar-refractivity contribution in [3.8, 4) is 0 Å². The van der Waals surface area contributed by atoms with E-state index >= 15 is 0 Å². The molecule has 0 bridgehead atoms. The van der Waals surface area contributed by atoms with E-state index < -0.39 is 0 Å². The molecule has 0 atom stereocenters. The molecule has 0 fully saturated rings. The van der Waals surface area contributed by atoms with Gasteiger partial charge in [0.25, 0.3) is 0 Å². The highest BCUT2D eigenvalue weighted by atomic mass is 16.1. The van der Waals surface area contributed by atoms with Crippen LogP contribution in [0, 0.1) is 0 Å². The summed E-state index contributed by atoms with van der Waals surface area (Å²) in [5.74, 6) is 0. The maximum absolute atomic E-state index is 10.1. The Morgan fingerprint density at radius 3 is 2.69 bits per heavy atom. The van der Waals surface area contributed by atoms with Gasteiger partial charge in [0.05, 0.1) is 0 Å². The van der Waals surface area contributed by atoms with Crippen molar-refractivity contribution in [2.24, 2.45) is 0 Å². The van der Waals surface area contributed by atoms with Gasteiger partial charge in [-0.3, -0.25) is 4.79 Å². The summed E-state index contributed by atoms with van der Waals surface area (Å²) < 4.78 is 0. The zero-order chi connectivity index (χ0) is 9.68. The summed E-state index contributed by atoms with van der Waals surface area (Å²) in [5, 5.41) is 0. The number of carbonyl (C=O) groups excluding carboxylic acids is 1. The van der Waals surface area contributed by atoms with Crippen molar-refractivity contribution in [3.05, 3.63) is 35.9 Å². The van der Waals surface area contributed by atoms with Crippen molar-refractivity contribution in [1.82, 2.24) is 0 Å². The first-order chi connectivity index (χ1) is 6.24. The molecule has 0 N–H and O–H groups in total. The van der Waals surface area contributed by atoms with E-state index in [1.807, 2.05) is 43.3 Å². The van der Waals surface area contributed by atoms with Gasteiger partial charge in [-0.1, -0.05) is 18.2 Å². The van der Waals surface area contributed by atoms with Crippen molar-refractivity contribution < 1.29 is 4.79 Å². The summed E-state index contributed by atoms with van der Waals surface area (Å²) in [6.07, 6.45) is 4.07. The molecule has 0 spiro atoms. The Kier molecular flexibility index (Phi) is 3.26. The van der Waals surface area contributed by atoms with E-state index in [1.165, 1.54) is 6.08 Å². The smallest absolute Gasteiger partial charge is 0.142 e. The summed E-state index contributed by atoms with van der Waals surface area (Å²) in [4.78, 5) is 12.1. The van der Waals surface area contributed by atoms with Crippen LogP contribution in [0.1, 0.15) is 5.56 Å². The molecule has 0 aliphatic heterocycles. The Labute approximate surface area is 78.5 Å². The van der Waals surface area contributed by atoms with Crippen LogP contribution in [0.3, 0.4) is 0 Å². The molecule has 0 amide bonds. The molecule has 2 heteroatoms. The second kappa shape index (κ2) is 4.45. The Hall–Kier alpha value is -1.57. The fraction of sp³-hybridized carbons (Fsp3) is 0.182. The van der Waals surface area contributed by atoms with Crippen molar-refractivity contribution in [1.29, 1.82) is 0 Å². The monoisotopic (exact) mass is 175 g/mol. The number of benzene rings is 1. The molecule has 13 heavy (non-hydrogen) atoms. The molecular weight excluding hydrogens is 162 g/mol. The van der Waals surface area contributed by atoms with Crippen LogP contribution in [-0.4, -0.2) is 20.4 Å². The third kappa shape index (κ3) is 2.75. The van der Waals surface area contributed by atoms with Gasteiger partial charge in [-0.2, -0.15) is 0 Å². The second-order valence-corrected chi connectivity index (χ2v) is 2.98. The molecule has 1 rings (SSSR count). The third-order valence-corrected chi connectivity index (χ3v) is 1.75. The van der Waals surface area contributed by atoms with Crippen LogP contribution in [0.5, 0.6) is 0 Å². The average Bonchev–Trinajstić information content (AvgIpc) is 2.15. The number of aldehydes is 1. The van der Waals surface area contributed by atoms with Crippen LogP contribution in [0.4, 0.5) is 5.69 Å². The van der Waals surface area contributed by atoms with E-state index in [2.05, 4.69) is 0 Å². The van der Waals surface area contributed by atoms with Crippen LogP contribution >= 0.6 is 0 Å². The largest absolute Gasteiger partial charge is 0.378 e. The molecule has 0 saturated heterocycles. The number of nitrogens with zero attached hydrogens (tertiary/aromatic N) is 1. The van der Waals surface area contributed by atoms with Crippen LogP contribution in [0.15, 0.2) is 30.3 Å². The molecule has 2 nitrogen and oxygen atoms in total. The van der Waals surface area contributed by atoms with Crippen molar-refractivity contribution in [2.45, 2.75) is 0 Å². The predicted molar refractivity (Wildman–Crippen MR) is 55.9 cm³/mol.